The number of carbonyl (C=O) groups excluding carboxylic acids is 1. The third-order valence-electron chi connectivity index (χ3n) is 6.00. The fourth-order valence-electron chi connectivity index (χ4n) is 4.49. The molecule has 3 aromatic heterocycles. The Kier molecular flexibility index (Phi) is 3.59. The third kappa shape index (κ3) is 2.72. The van der Waals surface area contributed by atoms with E-state index in [-0.39, 0.29) is 0 Å². The second-order valence-electron chi connectivity index (χ2n) is 8.11. The lowest BCUT2D eigenvalue weighted by Crippen LogP contribution is -2.71. The van der Waals surface area contributed by atoms with Crippen molar-refractivity contribution in [3.05, 3.63) is 59.3 Å². The maximum absolute atomic E-state index is 10.7. The number of nitrogens with zero attached hydrogens (tertiary/aromatic N) is 5. The molecule has 0 N–H and O–H groups in total. The fraction of sp³-hybridized carbons (Fsp3) is 0.381. The number of hydrogen-bond acceptors (Lipinski definition) is 5. The Labute approximate surface area is 158 Å². The van der Waals surface area contributed by atoms with Gasteiger partial charge < -0.3 is 9.30 Å². The largest absolute Gasteiger partial charge is 0.370 e. The van der Waals surface area contributed by atoms with E-state index >= 15 is 0 Å². The number of aryl methyl sites for hydroxylation is 2. The standard InChI is InChI=1S/C21H23N5O/c1-15-16(2)26-6-5-19(7-20(26)23-15)25-13-21(14-25)11-24(12-21)9-17-3-4-18(10-27)22-8-17/h3-8,10H,9,11-14H2,1-2H3. The predicted octanol–water partition coefficient (Wildman–Crippen LogP) is 2.48. The number of aldehydes is 1. The van der Waals surface area contributed by atoms with Crippen LogP contribution in [0.2, 0.25) is 0 Å². The Morgan fingerprint density at radius 3 is 2.67 bits per heavy atom. The average Bonchev–Trinajstić information content (AvgIpc) is 2.90. The lowest BCUT2D eigenvalue weighted by atomic mass is 9.72. The summed E-state index contributed by atoms with van der Waals surface area (Å²) in [5.74, 6) is 0. The zero-order valence-electron chi connectivity index (χ0n) is 15.7. The van der Waals surface area contributed by atoms with Crippen LogP contribution in [0.1, 0.15) is 27.4 Å². The molecule has 0 bridgehead atoms. The van der Waals surface area contributed by atoms with E-state index in [1.165, 1.54) is 16.9 Å². The summed E-state index contributed by atoms with van der Waals surface area (Å²) < 4.78 is 2.16. The number of imidazole rings is 1. The van der Waals surface area contributed by atoms with E-state index in [4.69, 9.17) is 0 Å². The van der Waals surface area contributed by atoms with Crippen molar-refractivity contribution in [2.24, 2.45) is 5.41 Å². The molecule has 0 atom stereocenters. The summed E-state index contributed by atoms with van der Waals surface area (Å²) in [6.45, 7) is 9.56. The highest BCUT2D eigenvalue weighted by Gasteiger charge is 2.51. The number of fused-ring (bicyclic) bond motifs is 1. The molecule has 0 radical (unpaired) electrons. The maximum atomic E-state index is 10.7. The van der Waals surface area contributed by atoms with Crippen molar-refractivity contribution in [1.29, 1.82) is 0 Å². The minimum absolute atomic E-state index is 0.434. The van der Waals surface area contributed by atoms with E-state index in [0.717, 1.165) is 50.4 Å². The van der Waals surface area contributed by atoms with Crippen molar-refractivity contribution in [2.75, 3.05) is 31.1 Å². The molecule has 0 aliphatic carbocycles. The Morgan fingerprint density at radius 1 is 1.15 bits per heavy atom. The molecule has 2 saturated heterocycles. The molecule has 0 aromatic carbocycles. The molecule has 3 aromatic rings. The molecule has 5 rings (SSSR count). The average molecular weight is 361 g/mol. The normalized spacial score (nSPS) is 18.5. The minimum atomic E-state index is 0.434. The second kappa shape index (κ2) is 5.89. The van der Waals surface area contributed by atoms with Gasteiger partial charge in [0.15, 0.2) is 6.29 Å². The molecule has 5 heterocycles. The van der Waals surface area contributed by atoms with E-state index < -0.39 is 0 Å². The number of aromatic nitrogens is 3. The molecular formula is C21H23N5O. The van der Waals surface area contributed by atoms with Gasteiger partial charge in [-0.15, -0.1) is 0 Å². The fourth-order valence-corrected chi connectivity index (χ4v) is 4.49. The van der Waals surface area contributed by atoms with E-state index in [9.17, 15) is 4.79 Å². The molecule has 2 aliphatic rings. The quantitative estimate of drug-likeness (QED) is 0.668. The Morgan fingerprint density at radius 2 is 1.96 bits per heavy atom. The molecular weight excluding hydrogens is 338 g/mol. The minimum Gasteiger partial charge on any atom is -0.370 e. The van der Waals surface area contributed by atoms with Gasteiger partial charge in [-0.3, -0.25) is 14.7 Å². The van der Waals surface area contributed by atoms with Crippen molar-refractivity contribution >= 4 is 17.6 Å². The number of anilines is 1. The lowest BCUT2D eigenvalue weighted by Gasteiger charge is -2.61. The van der Waals surface area contributed by atoms with Gasteiger partial charge in [0, 0.05) is 68.0 Å². The highest BCUT2D eigenvalue weighted by atomic mass is 16.1. The van der Waals surface area contributed by atoms with Crippen LogP contribution in [0.15, 0.2) is 36.7 Å². The first-order valence-corrected chi connectivity index (χ1v) is 9.38. The molecule has 6 nitrogen and oxygen atoms in total. The van der Waals surface area contributed by atoms with E-state index in [2.05, 4.69) is 56.3 Å². The van der Waals surface area contributed by atoms with Crippen LogP contribution in [0.4, 0.5) is 5.69 Å². The zero-order chi connectivity index (χ0) is 18.6. The van der Waals surface area contributed by atoms with Crippen LogP contribution in [0.5, 0.6) is 0 Å². The summed E-state index contributed by atoms with van der Waals surface area (Å²) in [5.41, 5.74) is 6.70. The molecule has 6 heteroatoms. The molecule has 0 amide bonds. The molecule has 2 aliphatic heterocycles. The second-order valence-corrected chi connectivity index (χ2v) is 8.11. The molecule has 0 unspecified atom stereocenters. The molecule has 1 spiro atoms. The summed E-state index contributed by atoms with van der Waals surface area (Å²) >= 11 is 0. The molecule has 138 valence electrons. The van der Waals surface area contributed by atoms with Crippen LogP contribution in [0, 0.1) is 19.3 Å². The Bertz CT molecular complexity index is 1010. The first kappa shape index (κ1) is 16.4. The van der Waals surface area contributed by atoms with Gasteiger partial charge in [-0.25, -0.2) is 4.98 Å². The molecule has 27 heavy (non-hydrogen) atoms. The highest BCUT2D eigenvalue weighted by Crippen LogP contribution is 2.42. The van der Waals surface area contributed by atoms with E-state index in [1.807, 2.05) is 12.3 Å². The van der Waals surface area contributed by atoms with Crippen LogP contribution in [-0.2, 0) is 6.54 Å². The van der Waals surface area contributed by atoms with Crippen LogP contribution in [-0.4, -0.2) is 51.7 Å². The predicted molar refractivity (Wildman–Crippen MR) is 104 cm³/mol. The summed E-state index contributed by atoms with van der Waals surface area (Å²) in [6.07, 6.45) is 4.73. The SMILES string of the molecule is Cc1nc2cc(N3CC4(CN(Cc5ccc(C=O)nc5)C4)C3)ccn2c1C. The van der Waals surface area contributed by atoms with Crippen LogP contribution < -0.4 is 4.90 Å². The van der Waals surface area contributed by atoms with Crippen molar-refractivity contribution < 1.29 is 4.79 Å². The first-order chi connectivity index (χ1) is 13.0. The maximum Gasteiger partial charge on any atom is 0.168 e. The van der Waals surface area contributed by atoms with E-state index in [0.29, 0.717) is 11.1 Å². The van der Waals surface area contributed by atoms with Crippen molar-refractivity contribution in [2.45, 2.75) is 20.4 Å². The van der Waals surface area contributed by atoms with Crippen molar-refractivity contribution in [3.63, 3.8) is 0 Å². The zero-order valence-corrected chi connectivity index (χ0v) is 15.7. The molecule has 2 fully saturated rings. The van der Waals surface area contributed by atoms with E-state index in [1.54, 1.807) is 6.07 Å². The monoisotopic (exact) mass is 361 g/mol. The number of likely N-dealkylation sites (tertiary alicyclic amines) is 1. The summed E-state index contributed by atoms with van der Waals surface area (Å²) in [6, 6.07) is 8.19. The Balaban J connectivity index is 1.19. The summed E-state index contributed by atoms with van der Waals surface area (Å²) in [7, 11) is 0. The number of rotatable bonds is 4. The third-order valence-corrected chi connectivity index (χ3v) is 6.00. The highest BCUT2D eigenvalue weighted by molar-refractivity contribution is 5.71. The summed E-state index contributed by atoms with van der Waals surface area (Å²) in [4.78, 5) is 24.4. The van der Waals surface area contributed by atoms with Crippen LogP contribution >= 0.6 is 0 Å². The topological polar surface area (TPSA) is 53.7 Å². The number of pyridine rings is 2. The Hall–Kier alpha value is -2.73. The van der Waals surface area contributed by atoms with Gasteiger partial charge in [0.2, 0.25) is 0 Å². The van der Waals surface area contributed by atoms with Gasteiger partial charge in [0.05, 0.1) is 5.69 Å². The van der Waals surface area contributed by atoms with Gasteiger partial charge in [0.25, 0.3) is 0 Å². The smallest absolute Gasteiger partial charge is 0.168 e. The van der Waals surface area contributed by atoms with Crippen LogP contribution in [0.25, 0.3) is 5.65 Å². The number of carbonyl (C=O) groups is 1. The van der Waals surface area contributed by atoms with Gasteiger partial charge in [0.1, 0.15) is 11.3 Å². The first-order valence-electron chi connectivity index (χ1n) is 9.38. The van der Waals surface area contributed by atoms with Crippen molar-refractivity contribution in [3.8, 4) is 0 Å². The van der Waals surface area contributed by atoms with Gasteiger partial charge in [-0.1, -0.05) is 6.07 Å². The van der Waals surface area contributed by atoms with Crippen LogP contribution in [0.3, 0.4) is 0 Å². The van der Waals surface area contributed by atoms with Gasteiger partial charge in [-0.2, -0.15) is 0 Å². The summed E-state index contributed by atoms with van der Waals surface area (Å²) in [5, 5.41) is 0. The number of hydrogen-bond donors (Lipinski definition) is 0. The molecule has 0 saturated carbocycles. The van der Waals surface area contributed by atoms with Gasteiger partial charge >= 0.3 is 0 Å². The van der Waals surface area contributed by atoms with Gasteiger partial charge in [-0.05, 0) is 31.5 Å². The lowest BCUT2D eigenvalue weighted by molar-refractivity contribution is -0.0273. The van der Waals surface area contributed by atoms with Crippen molar-refractivity contribution in [1.82, 2.24) is 19.3 Å².